The van der Waals surface area contributed by atoms with Crippen LogP contribution >= 0.6 is 0 Å². The molecule has 25 heavy (non-hydrogen) atoms. The lowest BCUT2D eigenvalue weighted by Crippen LogP contribution is -2.53. The van der Waals surface area contributed by atoms with E-state index in [1.54, 1.807) is 20.3 Å². The van der Waals surface area contributed by atoms with Gasteiger partial charge in [0.1, 0.15) is 11.5 Å². The predicted octanol–water partition coefficient (Wildman–Crippen LogP) is 4.78. The third-order valence-electron chi connectivity index (χ3n) is 6.55. The number of rotatable bonds is 3. The van der Waals surface area contributed by atoms with Crippen molar-refractivity contribution in [1.82, 2.24) is 0 Å². The molecule has 0 saturated carbocycles. The standard InChI is InChI=1S/C22H30O3/c1-13(2)20-14-8-11-17-21(3,4)19(25-7)12-18(23)22(17,5)15(14)9-10-16(20)24-6/h9-10,12-13,17H,8,11H2,1-7H3/t17-,22+/m0/s1. The van der Waals surface area contributed by atoms with E-state index in [1.807, 2.05) is 6.07 Å². The number of benzene rings is 1. The van der Waals surface area contributed by atoms with Gasteiger partial charge in [0.25, 0.3) is 0 Å². The van der Waals surface area contributed by atoms with Crippen molar-refractivity contribution in [2.24, 2.45) is 11.3 Å². The zero-order valence-corrected chi connectivity index (χ0v) is 16.5. The SMILES string of the molecule is COC1=CC(=O)[C@]2(C)c3ccc(OC)c(C(C)C)c3CC[C@H]2C1(C)C. The van der Waals surface area contributed by atoms with Gasteiger partial charge in [-0.1, -0.05) is 33.8 Å². The summed E-state index contributed by atoms with van der Waals surface area (Å²) < 4.78 is 11.2. The maximum Gasteiger partial charge on any atom is 0.169 e. The Hall–Kier alpha value is -1.77. The van der Waals surface area contributed by atoms with E-state index in [4.69, 9.17) is 9.47 Å². The van der Waals surface area contributed by atoms with Crippen LogP contribution in [0.4, 0.5) is 0 Å². The Morgan fingerprint density at radius 2 is 1.80 bits per heavy atom. The number of carbonyl (C=O) groups excluding carboxylic acids is 1. The van der Waals surface area contributed by atoms with Crippen LogP contribution in [-0.4, -0.2) is 20.0 Å². The molecular weight excluding hydrogens is 312 g/mol. The number of methoxy groups -OCH3 is 2. The van der Waals surface area contributed by atoms with Crippen molar-refractivity contribution in [3.63, 3.8) is 0 Å². The minimum absolute atomic E-state index is 0.160. The van der Waals surface area contributed by atoms with Crippen LogP contribution in [0.25, 0.3) is 0 Å². The van der Waals surface area contributed by atoms with E-state index in [1.165, 1.54) is 16.7 Å². The summed E-state index contributed by atoms with van der Waals surface area (Å²) in [6.07, 6.45) is 3.69. The Kier molecular flexibility index (Phi) is 4.25. The molecular formula is C22H30O3. The maximum absolute atomic E-state index is 13.2. The molecule has 0 spiro atoms. The molecule has 3 heteroatoms. The first-order valence-corrected chi connectivity index (χ1v) is 9.20. The molecule has 0 amide bonds. The summed E-state index contributed by atoms with van der Waals surface area (Å²) in [6.45, 7) is 10.9. The highest BCUT2D eigenvalue weighted by molar-refractivity contribution is 6.01. The normalized spacial score (nSPS) is 27.4. The third-order valence-corrected chi connectivity index (χ3v) is 6.55. The number of carbonyl (C=O) groups is 1. The van der Waals surface area contributed by atoms with Gasteiger partial charge in [0.15, 0.2) is 5.78 Å². The summed E-state index contributed by atoms with van der Waals surface area (Å²) in [5.41, 5.74) is 3.08. The minimum atomic E-state index is -0.505. The smallest absolute Gasteiger partial charge is 0.169 e. The van der Waals surface area contributed by atoms with Gasteiger partial charge in [0.05, 0.1) is 19.6 Å². The molecule has 0 aliphatic heterocycles. The van der Waals surface area contributed by atoms with Crippen LogP contribution < -0.4 is 4.74 Å². The number of ketones is 1. The quantitative estimate of drug-likeness (QED) is 0.793. The first kappa shape index (κ1) is 18.0. The number of hydrogen-bond acceptors (Lipinski definition) is 3. The second-order valence-electron chi connectivity index (χ2n) is 8.45. The Labute approximate surface area is 151 Å². The van der Waals surface area contributed by atoms with Crippen molar-refractivity contribution in [1.29, 1.82) is 0 Å². The molecule has 0 saturated heterocycles. The molecule has 1 aromatic carbocycles. The molecule has 2 aliphatic carbocycles. The third kappa shape index (κ3) is 2.35. The zero-order valence-electron chi connectivity index (χ0n) is 16.5. The van der Waals surface area contributed by atoms with E-state index in [9.17, 15) is 4.79 Å². The average Bonchev–Trinajstić information content (AvgIpc) is 2.56. The Bertz CT molecular complexity index is 742. The van der Waals surface area contributed by atoms with Gasteiger partial charge in [-0.15, -0.1) is 0 Å². The van der Waals surface area contributed by atoms with Gasteiger partial charge < -0.3 is 9.47 Å². The molecule has 0 fully saturated rings. The van der Waals surface area contributed by atoms with Crippen molar-refractivity contribution < 1.29 is 14.3 Å². The van der Waals surface area contributed by atoms with Crippen LogP contribution in [-0.2, 0) is 21.4 Å². The number of ether oxygens (including phenoxy) is 2. The minimum Gasteiger partial charge on any atom is -0.500 e. The first-order chi connectivity index (χ1) is 11.7. The molecule has 136 valence electrons. The highest BCUT2D eigenvalue weighted by Crippen LogP contribution is 2.57. The molecule has 2 aliphatic rings. The Morgan fingerprint density at radius 3 is 2.36 bits per heavy atom. The lowest BCUT2D eigenvalue weighted by molar-refractivity contribution is -0.126. The van der Waals surface area contributed by atoms with E-state index in [0.29, 0.717) is 5.92 Å². The highest BCUT2D eigenvalue weighted by atomic mass is 16.5. The predicted molar refractivity (Wildman–Crippen MR) is 100 cm³/mol. The number of allylic oxidation sites excluding steroid dienone is 2. The summed E-state index contributed by atoms with van der Waals surface area (Å²) in [5.74, 6) is 2.50. The van der Waals surface area contributed by atoms with Crippen molar-refractivity contribution in [3.8, 4) is 5.75 Å². The lowest BCUT2D eigenvalue weighted by Gasteiger charge is -2.52. The van der Waals surface area contributed by atoms with Gasteiger partial charge in [0.2, 0.25) is 0 Å². The maximum atomic E-state index is 13.2. The lowest BCUT2D eigenvalue weighted by atomic mass is 9.51. The van der Waals surface area contributed by atoms with E-state index >= 15 is 0 Å². The van der Waals surface area contributed by atoms with Crippen LogP contribution in [0, 0.1) is 11.3 Å². The molecule has 0 N–H and O–H groups in total. The molecule has 0 heterocycles. The monoisotopic (exact) mass is 342 g/mol. The van der Waals surface area contributed by atoms with Crippen LogP contribution in [0.5, 0.6) is 5.75 Å². The zero-order chi connectivity index (χ0) is 18.6. The van der Waals surface area contributed by atoms with E-state index in [-0.39, 0.29) is 17.1 Å². The van der Waals surface area contributed by atoms with Crippen LogP contribution in [0.1, 0.15) is 63.6 Å². The fraction of sp³-hybridized carbons (Fsp3) is 0.591. The highest BCUT2D eigenvalue weighted by Gasteiger charge is 2.56. The second-order valence-corrected chi connectivity index (χ2v) is 8.45. The molecule has 0 bridgehead atoms. The van der Waals surface area contributed by atoms with Gasteiger partial charge in [-0.2, -0.15) is 0 Å². The van der Waals surface area contributed by atoms with E-state index in [2.05, 4.69) is 40.7 Å². The molecule has 1 aromatic rings. The molecule has 0 aromatic heterocycles. The summed E-state index contributed by atoms with van der Waals surface area (Å²) in [6, 6.07) is 4.16. The second kappa shape index (κ2) is 5.89. The molecule has 0 radical (unpaired) electrons. The Morgan fingerprint density at radius 1 is 1.12 bits per heavy atom. The van der Waals surface area contributed by atoms with Crippen LogP contribution in [0.15, 0.2) is 24.0 Å². The van der Waals surface area contributed by atoms with Crippen LogP contribution in [0.2, 0.25) is 0 Å². The van der Waals surface area contributed by atoms with Crippen LogP contribution in [0.3, 0.4) is 0 Å². The largest absolute Gasteiger partial charge is 0.500 e. The topological polar surface area (TPSA) is 35.5 Å². The molecule has 2 atom stereocenters. The number of hydrogen-bond donors (Lipinski definition) is 0. The fourth-order valence-corrected chi connectivity index (χ4v) is 5.31. The molecule has 3 rings (SSSR count). The van der Waals surface area contributed by atoms with Crippen molar-refractivity contribution in [2.75, 3.05) is 14.2 Å². The fourth-order valence-electron chi connectivity index (χ4n) is 5.31. The van der Waals surface area contributed by atoms with Gasteiger partial charge in [-0.05, 0) is 48.8 Å². The summed E-state index contributed by atoms with van der Waals surface area (Å²) in [4.78, 5) is 13.2. The number of fused-ring (bicyclic) bond motifs is 3. The van der Waals surface area contributed by atoms with Crippen molar-refractivity contribution >= 4 is 5.78 Å². The van der Waals surface area contributed by atoms with E-state index < -0.39 is 5.41 Å². The molecule has 0 unspecified atom stereocenters. The summed E-state index contributed by atoms with van der Waals surface area (Å²) >= 11 is 0. The van der Waals surface area contributed by atoms with Gasteiger partial charge in [0, 0.05) is 17.1 Å². The average molecular weight is 342 g/mol. The summed E-state index contributed by atoms with van der Waals surface area (Å²) in [5, 5.41) is 0. The van der Waals surface area contributed by atoms with Gasteiger partial charge >= 0.3 is 0 Å². The molecule has 3 nitrogen and oxygen atoms in total. The van der Waals surface area contributed by atoms with E-state index in [0.717, 1.165) is 24.4 Å². The van der Waals surface area contributed by atoms with Gasteiger partial charge in [-0.25, -0.2) is 0 Å². The first-order valence-electron chi connectivity index (χ1n) is 9.20. The summed E-state index contributed by atoms with van der Waals surface area (Å²) in [7, 11) is 3.39. The van der Waals surface area contributed by atoms with Crippen molar-refractivity contribution in [2.45, 2.75) is 58.8 Å². The van der Waals surface area contributed by atoms with Gasteiger partial charge in [-0.3, -0.25) is 4.79 Å². The Balaban J connectivity index is 2.27. The van der Waals surface area contributed by atoms with Crippen molar-refractivity contribution in [3.05, 3.63) is 40.7 Å².